The van der Waals surface area contributed by atoms with Gasteiger partial charge in [-0.25, -0.2) is 0 Å². The molecule has 182 valence electrons. The van der Waals surface area contributed by atoms with Gasteiger partial charge in [0.25, 0.3) is 0 Å². The first-order valence-corrected chi connectivity index (χ1v) is 11.3. The second-order valence-corrected chi connectivity index (χ2v) is 8.17. The molecule has 2 aliphatic heterocycles. The van der Waals surface area contributed by atoms with Crippen LogP contribution in [-0.2, 0) is 19.4 Å². The maximum atomic E-state index is 12.7. The van der Waals surface area contributed by atoms with Gasteiger partial charge in [-0.05, 0) is 31.4 Å². The molecule has 4 rings (SSSR count). The lowest BCUT2D eigenvalue weighted by Crippen LogP contribution is -2.45. The molecular weight excluding hydrogens is 543 g/mol. The molecule has 0 amide bonds. The Hall–Kier alpha value is -2.18. The summed E-state index contributed by atoms with van der Waals surface area (Å²) in [5.41, 5.74) is 0.688. The molecule has 8 nitrogen and oxygen atoms in total. The summed E-state index contributed by atoms with van der Waals surface area (Å²) in [6, 6.07) is 7.08. The molecular formula is C22H32F2IN7O. The number of benzene rings is 1. The molecule has 33 heavy (non-hydrogen) atoms. The minimum absolute atomic E-state index is 0. The van der Waals surface area contributed by atoms with Crippen molar-refractivity contribution in [1.29, 1.82) is 0 Å². The first-order chi connectivity index (χ1) is 15.6. The van der Waals surface area contributed by atoms with Crippen LogP contribution in [0.1, 0.15) is 37.3 Å². The third kappa shape index (κ3) is 6.67. The predicted molar refractivity (Wildman–Crippen MR) is 135 cm³/mol. The zero-order valence-corrected chi connectivity index (χ0v) is 21.2. The number of aliphatic imine (C=N–C) groups is 1. The molecule has 0 bridgehead atoms. The summed E-state index contributed by atoms with van der Waals surface area (Å²) in [5, 5.41) is 15.5. The molecule has 0 radical (unpaired) electrons. The SMILES string of the molecule is CN=C(NCCc1nnc2n1CCCCC2)NC1CCN(c2ccccc2OC(F)F)C1.I. The standard InChI is InChI=1S/C22H31F2N7O.HI/c1-25-22(26-12-10-20-29-28-19-9-3-2-6-13-31(19)20)27-16-11-14-30(15-16)17-7-4-5-8-18(17)32-21(23)24;/h4-5,7-8,16,21H,2-3,6,9-15H2,1H3,(H2,25,26,27);1H. The van der Waals surface area contributed by atoms with Gasteiger partial charge in [0.15, 0.2) is 5.96 Å². The highest BCUT2D eigenvalue weighted by Gasteiger charge is 2.26. The van der Waals surface area contributed by atoms with E-state index in [2.05, 4.69) is 40.0 Å². The maximum absolute atomic E-state index is 12.7. The number of ether oxygens (including phenoxy) is 1. The van der Waals surface area contributed by atoms with Crippen molar-refractivity contribution < 1.29 is 13.5 Å². The highest BCUT2D eigenvalue weighted by molar-refractivity contribution is 14.0. The van der Waals surface area contributed by atoms with E-state index in [0.717, 1.165) is 50.0 Å². The van der Waals surface area contributed by atoms with Gasteiger partial charge in [0.2, 0.25) is 0 Å². The van der Waals surface area contributed by atoms with Crippen molar-refractivity contribution in [1.82, 2.24) is 25.4 Å². The van der Waals surface area contributed by atoms with E-state index in [1.165, 1.54) is 19.3 Å². The molecule has 2 aliphatic rings. The minimum Gasteiger partial charge on any atom is -0.433 e. The summed E-state index contributed by atoms with van der Waals surface area (Å²) in [6.07, 6.45) is 6.27. The smallest absolute Gasteiger partial charge is 0.387 e. The summed E-state index contributed by atoms with van der Waals surface area (Å²) in [7, 11) is 1.75. The van der Waals surface area contributed by atoms with E-state index in [1.54, 1.807) is 19.2 Å². The predicted octanol–water partition coefficient (Wildman–Crippen LogP) is 3.21. The first kappa shape index (κ1) is 25.4. The van der Waals surface area contributed by atoms with Crippen LogP contribution in [-0.4, -0.2) is 60.1 Å². The van der Waals surface area contributed by atoms with Gasteiger partial charge < -0.3 is 24.8 Å². The highest BCUT2D eigenvalue weighted by atomic mass is 127. The van der Waals surface area contributed by atoms with E-state index >= 15 is 0 Å². The number of fused-ring (bicyclic) bond motifs is 1. The molecule has 1 unspecified atom stereocenters. The second-order valence-electron chi connectivity index (χ2n) is 8.17. The number of nitrogens with one attached hydrogen (secondary N) is 2. The van der Waals surface area contributed by atoms with E-state index in [9.17, 15) is 8.78 Å². The average Bonchev–Trinajstić information content (AvgIpc) is 3.33. The molecule has 0 saturated carbocycles. The van der Waals surface area contributed by atoms with Crippen LogP contribution in [0.4, 0.5) is 14.5 Å². The normalized spacial score (nSPS) is 18.5. The number of anilines is 1. The zero-order chi connectivity index (χ0) is 22.3. The van der Waals surface area contributed by atoms with Crippen LogP contribution in [0.3, 0.4) is 0 Å². The fraction of sp³-hybridized carbons (Fsp3) is 0.591. The van der Waals surface area contributed by atoms with Crippen molar-refractivity contribution in [2.45, 2.75) is 57.7 Å². The minimum atomic E-state index is -2.84. The van der Waals surface area contributed by atoms with Crippen molar-refractivity contribution >= 4 is 35.6 Å². The number of alkyl halides is 2. The van der Waals surface area contributed by atoms with Gasteiger partial charge in [-0.2, -0.15) is 8.78 Å². The number of aromatic nitrogens is 3. The Labute approximate surface area is 210 Å². The van der Waals surface area contributed by atoms with Gasteiger partial charge in [-0.15, -0.1) is 34.2 Å². The van der Waals surface area contributed by atoms with E-state index in [0.29, 0.717) is 18.8 Å². The van der Waals surface area contributed by atoms with E-state index in [-0.39, 0.29) is 35.8 Å². The van der Waals surface area contributed by atoms with Gasteiger partial charge >= 0.3 is 6.61 Å². The van der Waals surface area contributed by atoms with Crippen LogP contribution in [0.2, 0.25) is 0 Å². The largest absolute Gasteiger partial charge is 0.433 e. The van der Waals surface area contributed by atoms with E-state index < -0.39 is 6.61 Å². The molecule has 11 heteroatoms. The molecule has 1 saturated heterocycles. The Kier molecular flexibility index (Phi) is 9.51. The molecule has 1 atom stereocenters. The van der Waals surface area contributed by atoms with Crippen LogP contribution < -0.4 is 20.3 Å². The van der Waals surface area contributed by atoms with Crippen molar-refractivity contribution in [2.24, 2.45) is 4.99 Å². The van der Waals surface area contributed by atoms with Crippen LogP contribution in [0, 0.1) is 0 Å². The van der Waals surface area contributed by atoms with Crippen LogP contribution in [0.5, 0.6) is 5.75 Å². The summed E-state index contributed by atoms with van der Waals surface area (Å²) in [6.45, 7) is 0.307. The van der Waals surface area contributed by atoms with Crippen LogP contribution in [0.15, 0.2) is 29.3 Å². The van der Waals surface area contributed by atoms with Gasteiger partial charge in [0, 0.05) is 52.1 Å². The van der Waals surface area contributed by atoms with E-state index in [1.807, 2.05) is 12.1 Å². The third-order valence-electron chi connectivity index (χ3n) is 6.00. The number of hydrogen-bond donors (Lipinski definition) is 2. The molecule has 1 aromatic carbocycles. The quantitative estimate of drug-likeness (QED) is 0.300. The van der Waals surface area contributed by atoms with Gasteiger partial charge in [0.05, 0.1) is 5.69 Å². The maximum Gasteiger partial charge on any atom is 0.387 e. The van der Waals surface area contributed by atoms with E-state index in [4.69, 9.17) is 0 Å². The summed E-state index contributed by atoms with van der Waals surface area (Å²) in [5.74, 6) is 3.05. The number of para-hydroxylation sites is 2. The van der Waals surface area contributed by atoms with Crippen molar-refractivity contribution in [3.8, 4) is 5.75 Å². The van der Waals surface area contributed by atoms with Gasteiger partial charge in [-0.3, -0.25) is 4.99 Å². The second kappa shape index (κ2) is 12.3. The van der Waals surface area contributed by atoms with Crippen molar-refractivity contribution in [2.75, 3.05) is 31.6 Å². The molecule has 1 fully saturated rings. The number of halogens is 3. The molecule has 1 aromatic heterocycles. The number of hydrogen-bond acceptors (Lipinski definition) is 5. The fourth-order valence-electron chi connectivity index (χ4n) is 4.42. The lowest BCUT2D eigenvalue weighted by Gasteiger charge is -2.22. The lowest BCUT2D eigenvalue weighted by molar-refractivity contribution is -0.0495. The molecule has 2 N–H and O–H groups in total. The monoisotopic (exact) mass is 575 g/mol. The fourth-order valence-corrected chi connectivity index (χ4v) is 4.42. The first-order valence-electron chi connectivity index (χ1n) is 11.3. The number of guanidine groups is 1. The summed E-state index contributed by atoms with van der Waals surface area (Å²) >= 11 is 0. The Bertz CT molecular complexity index is 924. The average molecular weight is 575 g/mol. The molecule has 0 aliphatic carbocycles. The topological polar surface area (TPSA) is 79.6 Å². The Morgan fingerprint density at radius 3 is 2.88 bits per heavy atom. The van der Waals surface area contributed by atoms with Gasteiger partial charge in [-0.1, -0.05) is 18.6 Å². The molecule has 0 spiro atoms. The van der Waals surface area contributed by atoms with Crippen LogP contribution >= 0.6 is 24.0 Å². The number of rotatable bonds is 7. The third-order valence-corrected chi connectivity index (χ3v) is 6.00. The number of aryl methyl sites for hydroxylation is 1. The zero-order valence-electron chi connectivity index (χ0n) is 18.8. The Morgan fingerprint density at radius 2 is 2.06 bits per heavy atom. The summed E-state index contributed by atoms with van der Waals surface area (Å²) < 4.78 is 32.4. The molecule has 2 aromatic rings. The van der Waals surface area contributed by atoms with Crippen LogP contribution in [0.25, 0.3) is 0 Å². The van der Waals surface area contributed by atoms with Crippen molar-refractivity contribution in [3.05, 3.63) is 35.9 Å². The number of nitrogens with zero attached hydrogens (tertiary/aromatic N) is 5. The Morgan fingerprint density at radius 1 is 1.21 bits per heavy atom. The lowest BCUT2D eigenvalue weighted by atomic mass is 10.2. The summed E-state index contributed by atoms with van der Waals surface area (Å²) in [4.78, 5) is 6.40. The molecule has 3 heterocycles. The Balaban J connectivity index is 0.00000306. The highest BCUT2D eigenvalue weighted by Crippen LogP contribution is 2.31. The van der Waals surface area contributed by atoms with Crippen molar-refractivity contribution in [3.63, 3.8) is 0 Å². The van der Waals surface area contributed by atoms with Gasteiger partial charge in [0.1, 0.15) is 17.4 Å².